The van der Waals surface area contributed by atoms with Crippen LogP contribution >= 0.6 is 0 Å². The van der Waals surface area contributed by atoms with Crippen LogP contribution in [-0.4, -0.2) is 27.2 Å². The van der Waals surface area contributed by atoms with Gasteiger partial charge in [-0.3, -0.25) is 0 Å². The first-order valence-corrected chi connectivity index (χ1v) is 8.03. The first kappa shape index (κ1) is 16.0. The van der Waals surface area contributed by atoms with Gasteiger partial charge >= 0.3 is 0 Å². The summed E-state index contributed by atoms with van der Waals surface area (Å²) in [4.78, 5) is 8.85. The molecule has 1 heterocycles. The van der Waals surface area contributed by atoms with E-state index in [0.717, 1.165) is 61.6 Å². The standard InChI is InChI=1S/C16H28N4O/c1-4-5-13-19-14(17)12(3)15(20-13)18-10-16(21)8-6-11(2)7-9-16/h11,21H,4-10H2,1-3H3,(H3,17,18,19,20). The van der Waals surface area contributed by atoms with Crippen molar-refractivity contribution >= 4 is 11.6 Å². The summed E-state index contributed by atoms with van der Waals surface area (Å²) in [7, 11) is 0. The van der Waals surface area contributed by atoms with Crippen molar-refractivity contribution in [3.63, 3.8) is 0 Å². The third-order valence-corrected chi connectivity index (χ3v) is 4.49. The second-order valence-electron chi connectivity index (χ2n) is 6.51. The van der Waals surface area contributed by atoms with Gasteiger partial charge < -0.3 is 16.2 Å². The summed E-state index contributed by atoms with van der Waals surface area (Å²) >= 11 is 0. The van der Waals surface area contributed by atoms with E-state index in [0.29, 0.717) is 12.4 Å². The van der Waals surface area contributed by atoms with Crippen LogP contribution in [0.2, 0.25) is 0 Å². The molecular weight excluding hydrogens is 264 g/mol. The summed E-state index contributed by atoms with van der Waals surface area (Å²) in [5, 5.41) is 13.9. The minimum atomic E-state index is -0.621. The Morgan fingerprint density at radius 1 is 1.33 bits per heavy atom. The predicted octanol–water partition coefficient (Wildman–Crippen LogP) is 2.67. The molecule has 1 aliphatic rings. The van der Waals surface area contributed by atoms with Crippen molar-refractivity contribution in [1.82, 2.24) is 9.97 Å². The van der Waals surface area contributed by atoms with Crippen LogP contribution in [0.5, 0.6) is 0 Å². The van der Waals surface area contributed by atoms with Crippen LogP contribution in [-0.2, 0) is 6.42 Å². The molecule has 118 valence electrons. The molecule has 0 bridgehead atoms. The van der Waals surface area contributed by atoms with E-state index in [1.807, 2.05) is 6.92 Å². The second kappa shape index (κ2) is 6.60. The number of hydrogen-bond donors (Lipinski definition) is 3. The molecule has 0 aromatic carbocycles. The minimum absolute atomic E-state index is 0.528. The van der Waals surface area contributed by atoms with Crippen molar-refractivity contribution < 1.29 is 5.11 Å². The minimum Gasteiger partial charge on any atom is -0.388 e. The third kappa shape index (κ3) is 4.06. The lowest BCUT2D eigenvalue weighted by Gasteiger charge is -2.35. The fraction of sp³-hybridized carbons (Fsp3) is 0.750. The van der Waals surface area contributed by atoms with Crippen LogP contribution in [0.3, 0.4) is 0 Å². The lowest BCUT2D eigenvalue weighted by Crippen LogP contribution is -2.40. The van der Waals surface area contributed by atoms with E-state index in [2.05, 4.69) is 29.1 Å². The van der Waals surface area contributed by atoms with Crippen LogP contribution in [0.1, 0.15) is 57.3 Å². The predicted molar refractivity (Wildman–Crippen MR) is 86.2 cm³/mol. The Balaban J connectivity index is 2.05. The van der Waals surface area contributed by atoms with Gasteiger partial charge in [0.25, 0.3) is 0 Å². The van der Waals surface area contributed by atoms with Crippen molar-refractivity contribution in [1.29, 1.82) is 0 Å². The Kier molecular flexibility index (Phi) is 5.04. The van der Waals surface area contributed by atoms with Crippen molar-refractivity contribution in [2.24, 2.45) is 5.92 Å². The maximum Gasteiger partial charge on any atom is 0.134 e. The number of hydrogen-bond acceptors (Lipinski definition) is 5. The Bertz CT molecular complexity index is 481. The maximum absolute atomic E-state index is 10.6. The highest BCUT2D eigenvalue weighted by Crippen LogP contribution is 2.32. The van der Waals surface area contributed by atoms with Crippen molar-refractivity contribution in [3.05, 3.63) is 11.4 Å². The molecule has 5 nitrogen and oxygen atoms in total. The van der Waals surface area contributed by atoms with E-state index in [-0.39, 0.29) is 0 Å². The van der Waals surface area contributed by atoms with E-state index in [9.17, 15) is 5.11 Å². The molecule has 1 fully saturated rings. The van der Waals surface area contributed by atoms with Gasteiger partial charge in [-0.15, -0.1) is 0 Å². The fourth-order valence-electron chi connectivity index (χ4n) is 2.81. The van der Waals surface area contributed by atoms with E-state index >= 15 is 0 Å². The smallest absolute Gasteiger partial charge is 0.134 e. The fourth-order valence-corrected chi connectivity index (χ4v) is 2.81. The molecule has 0 atom stereocenters. The Morgan fingerprint density at radius 2 is 2.00 bits per heavy atom. The Hall–Kier alpha value is -1.36. The molecule has 4 N–H and O–H groups in total. The molecule has 1 aromatic heterocycles. The zero-order valence-electron chi connectivity index (χ0n) is 13.4. The number of anilines is 2. The zero-order valence-corrected chi connectivity index (χ0v) is 13.4. The van der Waals surface area contributed by atoms with Gasteiger partial charge in [-0.25, -0.2) is 9.97 Å². The van der Waals surface area contributed by atoms with Gasteiger partial charge in [-0.05, 0) is 44.9 Å². The molecule has 0 amide bonds. The molecule has 1 aliphatic carbocycles. The largest absolute Gasteiger partial charge is 0.388 e. The first-order valence-electron chi connectivity index (χ1n) is 8.03. The molecule has 1 aromatic rings. The van der Waals surface area contributed by atoms with Crippen molar-refractivity contribution in [2.75, 3.05) is 17.6 Å². The highest BCUT2D eigenvalue weighted by Gasteiger charge is 2.31. The van der Waals surface area contributed by atoms with E-state index in [4.69, 9.17) is 5.73 Å². The summed E-state index contributed by atoms with van der Waals surface area (Å²) in [6.07, 6.45) is 5.68. The number of rotatable bonds is 5. The normalized spacial score (nSPS) is 25.8. The summed E-state index contributed by atoms with van der Waals surface area (Å²) in [5.41, 5.74) is 6.20. The summed E-state index contributed by atoms with van der Waals surface area (Å²) in [5.74, 6) is 2.78. The van der Waals surface area contributed by atoms with Gasteiger partial charge in [0.2, 0.25) is 0 Å². The quantitative estimate of drug-likeness (QED) is 0.777. The number of aromatic nitrogens is 2. The molecule has 21 heavy (non-hydrogen) atoms. The first-order chi connectivity index (χ1) is 9.93. The van der Waals surface area contributed by atoms with Crippen LogP contribution < -0.4 is 11.1 Å². The molecule has 0 unspecified atom stereocenters. The molecular formula is C16H28N4O. The molecule has 0 radical (unpaired) electrons. The van der Waals surface area contributed by atoms with E-state index in [1.54, 1.807) is 0 Å². The average molecular weight is 292 g/mol. The lowest BCUT2D eigenvalue weighted by molar-refractivity contribution is 0.00493. The average Bonchev–Trinajstić information content (AvgIpc) is 2.45. The number of nitrogens with zero attached hydrogens (tertiary/aromatic N) is 2. The highest BCUT2D eigenvalue weighted by atomic mass is 16.3. The summed E-state index contributed by atoms with van der Waals surface area (Å²) in [6, 6.07) is 0. The monoisotopic (exact) mass is 292 g/mol. The van der Waals surface area contributed by atoms with Gasteiger partial charge in [0.1, 0.15) is 17.5 Å². The topological polar surface area (TPSA) is 84.1 Å². The Morgan fingerprint density at radius 3 is 2.62 bits per heavy atom. The molecule has 5 heteroatoms. The maximum atomic E-state index is 10.6. The van der Waals surface area contributed by atoms with Gasteiger partial charge in [-0.1, -0.05) is 13.8 Å². The zero-order chi connectivity index (χ0) is 15.5. The number of aliphatic hydroxyl groups is 1. The molecule has 2 rings (SSSR count). The summed E-state index contributed by atoms with van der Waals surface area (Å²) in [6.45, 7) is 6.79. The molecule has 0 aliphatic heterocycles. The SMILES string of the molecule is CCCc1nc(N)c(C)c(NCC2(O)CCC(C)CC2)n1. The highest BCUT2D eigenvalue weighted by molar-refractivity contribution is 5.54. The van der Waals surface area contributed by atoms with E-state index in [1.165, 1.54) is 0 Å². The van der Waals surface area contributed by atoms with Crippen molar-refractivity contribution in [3.8, 4) is 0 Å². The lowest BCUT2D eigenvalue weighted by atomic mass is 9.79. The number of nitrogen functional groups attached to an aromatic ring is 1. The second-order valence-corrected chi connectivity index (χ2v) is 6.51. The van der Waals surface area contributed by atoms with Crippen LogP contribution in [0.15, 0.2) is 0 Å². The van der Waals surface area contributed by atoms with Gasteiger partial charge in [-0.2, -0.15) is 0 Å². The van der Waals surface area contributed by atoms with Gasteiger partial charge in [0, 0.05) is 18.5 Å². The van der Waals surface area contributed by atoms with Gasteiger partial charge in [0.15, 0.2) is 0 Å². The van der Waals surface area contributed by atoms with Crippen LogP contribution in [0.25, 0.3) is 0 Å². The number of aryl methyl sites for hydroxylation is 1. The van der Waals surface area contributed by atoms with Crippen LogP contribution in [0, 0.1) is 12.8 Å². The van der Waals surface area contributed by atoms with Crippen molar-refractivity contribution in [2.45, 2.75) is 64.9 Å². The molecule has 1 saturated carbocycles. The third-order valence-electron chi connectivity index (χ3n) is 4.49. The molecule has 0 saturated heterocycles. The van der Waals surface area contributed by atoms with Gasteiger partial charge in [0.05, 0.1) is 5.60 Å². The number of nitrogens with two attached hydrogens (primary N) is 1. The summed E-state index contributed by atoms with van der Waals surface area (Å²) < 4.78 is 0. The molecule has 0 spiro atoms. The number of nitrogens with one attached hydrogen (secondary N) is 1. The van der Waals surface area contributed by atoms with Crippen LogP contribution in [0.4, 0.5) is 11.6 Å². The van der Waals surface area contributed by atoms with E-state index < -0.39 is 5.60 Å². The Labute approximate surface area is 127 Å².